The summed E-state index contributed by atoms with van der Waals surface area (Å²) in [6.07, 6.45) is 3.88. The van der Waals surface area contributed by atoms with E-state index in [9.17, 15) is 4.79 Å². The van der Waals surface area contributed by atoms with Gasteiger partial charge in [0.2, 0.25) is 0 Å². The lowest BCUT2D eigenvalue weighted by molar-refractivity contribution is -0.139. The maximum absolute atomic E-state index is 11.1. The molecule has 0 aliphatic rings. The van der Waals surface area contributed by atoms with Crippen molar-refractivity contribution in [1.29, 1.82) is 0 Å². The lowest BCUT2D eigenvalue weighted by atomic mass is 10.0. The Hall–Kier alpha value is -1.10. The third-order valence-electron chi connectivity index (χ3n) is 2.89. The van der Waals surface area contributed by atoms with Gasteiger partial charge >= 0.3 is 5.97 Å². The molecule has 4 nitrogen and oxygen atoms in total. The van der Waals surface area contributed by atoms with Crippen LogP contribution in [-0.2, 0) is 16.0 Å². The second-order valence-electron chi connectivity index (χ2n) is 5.27. The Morgan fingerprint density at radius 3 is 2.79 bits per heavy atom. The average molecular weight is 284 g/mol. The lowest BCUT2D eigenvalue weighted by Crippen LogP contribution is -2.15. The highest BCUT2D eigenvalue weighted by molar-refractivity contribution is 7.13. The SMILES string of the molecule is COC(=O)Cc1csc(NC(C)CCCC(C)C)n1. The fourth-order valence-electron chi connectivity index (χ4n) is 1.79. The molecule has 1 unspecified atom stereocenters. The third-order valence-corrected chi connectivity index (χ3v) is 3.72. The van der Waals surface area contributed by atoms with Gasteiger partial charge in [-0.05, 0) is 19.3 Å². The van der Waals surface area contributed by atoms with Crippen molar-refractivity contribution in [3.63, 3.8) is 0 Å². The number of methoxy groups -OCH3 is 1. The van der Waals surface area contributed by atoms with Crippen LogP contribution in [0.5, 0.6) is 0 Å². The van der Waals surface area contributed by atoms with Crippen LogP contribution in [0.1, 0.15) is 45.7 Å². The average Bonchev–Trinajstić information content (AvgIpc) is 2.75. The molecule has 108 valence electrons. The number of rotatable bonds is 8. The van der Waals surface area contributed by atoms with Crippen molar-refractivity contribution in [2.45, 2.75) is 52.5 Å². The summed E-state index contributed by atoms with van der Waals surface area (Å²) < 4.78 is 4.63. The van der Waals surface area contributed by atoms with Gasteiger partial charge in [-0.25, -0.2) is 4.98 Å². The minimum atomic E-state index is -0.248. The Labute approximate surface area is 119 Å². The van der Waals surface area contributed by atoms with Crippen LogP contribution in [0.4, 0.5) is 5.13 Å². The molecule has 19 heavy (non-hydrogen) atoms. The molecule has 0 saturated carbocycles. The molecule has 1 aromatic heterocycles. The lowest BCUT2D eigenvalue weighted by Gasteiger charge is -2.13. The zero-order chi connectivity index (χ0) is 14.3. The third kappa shape index (κ3) is 6.57. The molecule has 1 N–H and O–H groups in total. The molecule has 0 aliphatic heterocycles. The Bertz CT molecular complexity index is 391. The first-order valence-corrected chi connectivity index (χ1v) is 7.67. The van der Waals surface area contributed by atoms with Crippen molar-refractivity contribution < 1.29 is 9.53 Å². The zero-order valence-electron chi connectivity index (χ0n) is 12.2. The smallest absolute Gasteiger partial charge is 0.311 e. The van der Waals surface area contributed by atoms with Crippen molar-refractivity contribution >= 4 is 22.4 Å². The number of hydrogen-bond donors (Lipinski definition) is 1. The van der Waals surface area contributed by atoms with Gasteiger partial charge in [0.25, 0.3) is 0 Å². The monoisotopic (exact) mass is 284 g/mol. The van der Waals surface area contributed by atoms with Gasteiger partial charge in [0.1, 0.15) is 0 Å². The summed E-state index contributed by atoms with van der Waals surface area (Å²) in [5.41, 5.74) is 0.772. The van der Waals surface area contributed by atoms with E-state index in [4.69, 9.17) is 0 Å². The van der Waals surface area contributed by atoms with Gasteiger partial charge in [-0.2, -0.15) is 0 Å². The van der Waals surface area contributed by atoms with E-state index in [-0.39, 0.29) is 12.4 Å². The number of aromatic nitrogens is 1. The van der Waals surface area contributed by atoms with Crippen LogP contribution < -0.4 is 5.32 Å². The number of anilines is 1. The van der Waals surface area contributed by atoms with Gasteiger partial charge < -0.3 is 10.1 Å². The molecule has 1 rings (SSSR count). The topological polar surface area (TPSA) is 51.2 Å². The Morgan fingerprint density at radius 2 is 2.16 bits per heavy atom. The number of nitrogens with zero attached hydrogens (tertiary/aromatic N) is 1. The van der Waals surface area contributed by atoms with Gasteiger partial charge in [-0.1, -0.05) is 26.7 Å². The van der Waals surface area contributed by atoms with Gasteiger partial charge in [0, 0.05) is 11.4 Å². The summed E-state index contributed by atoms with van der Waals surface area (Å²) in [6, 6.07) is 0.413. The molecule has 0 spiro atoms. The number of ether oxygens (including phenoxy) is 1. The molecule has 0 bridgehead atoms. The Kier molecular flexibility index (Phi) is 6.84. The predicted octanol–water partition coefficient (Wildman–Crippen LogP) is 3.49. The minimum Gasteiger partial charge on any atom is -0.469 e. The second-order valence-corrected chi connectivity index (χ2v) is 6.13. The van der Waals surface area contributed by atoms with Crippen LogP contribution in [0.15, 0.2) is 5.38 Å². The zero-order valence-corrected chi connectivity index (χ0v) is 13.0. The van der Waals surface area contributed by atoms with Crippen LogP contribution in [0.3, 0.4) is 0 Å². The van der Waals surface area contributed by atoms with E-state index in [1.54, 1.807) is 11.3 Å². The van der Waals surface area contributed by atoms with Crippen molar-refractivity contribution in [2.75, 3.05) is 12.4 Å². The van der Waals surface area contributed by atoms with E-state index in [1.165, 1.54) is 20.0 Å². The summed E-state index contributed by atoms with van der Waals surface area (Å²) in [5.74, 6) is 0.514. The summed E-state index contributed by atoms with van der Waals surface area (Å²) in [7, 11) is 1.39. The number of carbonyl (C=O) groups is 1. The molecule has 1 atom stereocenters. The molecule has 0 aliphatic carbocycles. The number of carbonyl (C=O) groups excluding carboxylic acids is 1. The van der Waals surface area contributed by atoms with Crippen molar-refractivity contribution in [2.24, 2.45) is 5.92 Å². The molecule has 0 radical (unpaired) electrons. The molecule has 1 heterocycles. The largest absolute Gasteiger partial charge is 0.469 e. The minimum absolute atomic E-state index is 0.246. The molecule has 0 amide bonds. The number of esters is 1. The molecule has 0 aromatic carbocycles. The molecule has 0 fully saturated rings. The second kappa shape index (κ2) is 8.15. The van der Waals surface area contributed by atoms with E-state index >= 15 is 0 Å². The van der Waals surface area contributed by atoms with Crippen molar-refractivity contribution in [1.82, 2.24) is 4.98 Å². The number of hydrogen-bond acceptors (Lipinski definition) is 5. The summed E-state index contributed by atoms with van der Waals surface area (Å²) >= 11 is 1.54. The fraction of sp³-hybridized carbons (Fsp3) is 0.714. The van der Waals surface area contributed by atoms with E-state index < -0.39 is 0 Å². The van der Waals surface area contributed by atoms with Crippen LogP contribution in [0.2, 0.25) is 0 Å². The highest BCUT2D eigenvalue weighted by atomic mass is 32.1. The maximum atomic E-state index is 11.1. The van der Waals surface area contributed by atoms with E-state index in [0.717, 1.165) is 23.2 Å². The van der Waals surface area contributed by atoms with E-state index in [2.05, 4.69) is 35.8 Å². The fourth-order valence-corrected chi connectivity index (χ4v) is 2.61. The molecule has 0 saturated heterocycles. The Balaban J connectivity index is 2.34. The highest BCUT2D eigenvalue weighted by Gasteiger charge is 2.09. The summed E-state index contributed by atoms with van der Waals surface area (Å²) in [6.45, 7) is 6.66. The van der Waals surface area contributed by atoms with E-state index in [0.29, 0.717) is 6.04 Å². The molecule has 5 heteroatoms. The van der Waals surface area contributed by atoms with Gasteiger partial charge in [-0.3, -0.25) is 4.79 Å². The maximum Gasteiger partial charge on any atom is 0.311 e. The van der Waals surface area contributed by atoms with E-state index in [1.807, 2.05) is 5.38 Å². The molecular formula is C14H24N2O2S. The standard InChI is InChI=1S/C14H24N2O2S/c1-10(2)6-5-7-11(3)15-14-16-12(9-19-14)8-13(17)18-4/h9-11H,5-8H2,1-4H3,(H,15,16). The van der Waals surface area contributed by atoms with Gasteiger partial charge in [0.15, 0.2) is 5.13 Å². The Morgan fingerprint density at radius 1 is 1.42 bits per heavy atom. The molecule has 1 aromatic rings. The first kappa shape index (κ1) is 16.0. The first-order chi connectivity index (χ1) is 9.01. The van der Waals surface area contributed by atoms with Crippen LogP contribution in [0, 0.1) is 5.92 Å². The summed E-state index contributed by atoms with van der Waals surface area (Å²) in [4.78, 5) is 15.5. The first-order valence-electron chi connectivity index (χ1n) is 6.79. The molecular weight excluding hydrogens is 260 g/mol. The van der Waals surface area contributed by atoms with Gasteiger partial charge in [-0.15, -0.1) is 11.3 Å². The van der Waals surface area contributed by atoms with Crippen molar-refractivity contribution in [3.05, 3.63) is 11.1 Å². The predicted molar refractivity (Wildman–Crippen MR) is 79.6 cm³/mol. The normalized spacial score (nSPS) is 12.5. The number of thiazole rings is 1. The number of nitrogens with one attached hydrogen (secondary N) is 1. The van der Waals surface area contributed by atoms with Crippen LogP contribution >= 0.6 is 11.3 Å². The van der Waals surface area contributed by atoms with Crippen LogP contribution in [-0.4, -0.2) is 24.1 Å². The highest BCUT2D eigenvalue weighted by Crippen LogP contribution is 2.18. The van der Waals surface area contributed by atoms with Crippen molar-refractivity contribution in [3.8, 4) is 0 Å². The van der Waals surface area contributed by atoms with Crippen LogP contribution in [0.25, 0.3) is 0 Å². The quantitative estimate of drug-likeness (QED) is 0.742. The summed E-state index contributed by atoms with van der Waals surface area (Å²) in [5, 5.41) is 6.17. The van der Waals surface area contributed by atoms with Gasteiger partial charge in [0.05, 0.1) is 19.2 Å².